The lowest BCUT2D eigenvalue weighted by atomic mass is 10.1. The van der Waals surface area contributed by atoms with Crippen molar-refractivity contribution >= 4 is 54.5 Å². The molecule has 0 aliphatic heterocycles. The van der Waals surface area contributed by atoms with Crippen LogP contribution in [0.25, 0.3) is 21.5 Å². The largest absolute Gasteiger partial charge is 0.310 e. The maximum Gasteiger partial charge on any atom is 0.0468 e. The van der Waals surface area contributed by atoms with Gasteiger partial charge in [0, 0.05) is 21.5 Å². The van der Waals surface area contributed by atoms with E-state index in [1.807, 2.05) is 0 Å². The van der Waals surface area contributed by atoms with Crippen LogP contribution in [0.5, 0.6) is 0 Å². The van der Waals surface area contributed by atoms with E-state index < -0.39 is 0 Å². The molecule has 0 unspecified atom stereocenters. The van der Waals surface area contributed by atoms with Crippen molar-refractivity contribution in [3.63, 3.8) is 0 Å². The molecule has 0 aliphatic rings. The molecule has 0 N–H and O–H groups in total. The van der Waals surface area contributed by atoms with E-state index in [0.717, 1.165) is 21.5 Å². The average Bonchev–Trinajstić information content (AvgIpc) is 2.75. The van der Waals surface area contributed by atoms with E-state index >= 15 is 0 Å². The Labute approximate surface area is 173 Å². The summed E-state index contributed by atoms with van der Waals surface area (Å²) >= 11 is 3.55. The van der Waals surface area contributed by atoms with Crippen molar-refractivity contribution in [2.75, 3.05) is 4.90 Å². The number of hydrogen-bond acceptors (Lipinski definition) is 1. The number of anilines is 3. The summed E-state index contributed by atoms with van der Waals surface area (Å²) in [7, 11) is 0. The highest BCUT2D eigenvalue weighted by atomic mass is 79.9. The molecule has 5 rings (SSSR count). The molecule has 0 amide bonds. The van der Waals surface area contributed by atoms with Gasteiger partial charge in [0.15, 0.2) is 0 Å². The van der Waals surface area contributed by atoms with Crippen molar-refractivity contribution in [1.82, 2.24) is 0 Å². The van der Waals surface area contributed by atoms with E-state index in [2.05, 4.69) is 130 Å². The van der Waals surface area contributed by atoms with Gasteiger partial charge in [-0.1, -0.05) is 76.6 Å². The van der Waals surface area contributed by atoms with Crippen LogP contribution in [-0.2, 0) is 0 Å². The Morgan fingerprint density at radius 1 is 0.429 bits per heavy atom. The average molecular weight is 424 g/mol. The molecule has 0 saturated carbocycles. The minimum absolute atomic E-state index is 1.08. The zero-order valence-corrected chi connectivity index (χ0v) is 16.8. The molecule has 5 aromatic carbocycles. The maximum atomic E-state index is 3.55. The molecule has 0 atom stereocenters. The monoisotopic (exact) mass is 423 g/mol. The molecule has 0 fully saturated rings. The van der Waals surface area contributed by atoms with Crippen molar-refractivity contribution in [2.45, 2.75) is 0 Å². The smallest absolute Gasteiger partial charge is 0.0468 e. The third-order valence-corrected chi connectivity index (χ3v) is 5.60. The second kappa shape index (κ2) is 7.14. The standard InChI is InChI=1S/C26H18BrN/c27-23-11-15-24(16-12-23)28(25-13-9-19-5-1-3-7-21(19)17-25)26-14-10-20-6-2-4-8-22(20)18-26/h1-18H. The Morgan fingerprint density at radius 3 is 1.36 bits per heavy atom. The van der Waals surface area contributed by atoms with Crippen LogP contribution in [0.15, 0.2) is 114 Å². The summed E-state index contributed by atoms with van der Waals surface area (Å²) < 4.78 is 1.08. The second-order valence-electron chi connectivity index (χ2n) is 6.87. The van der Waals surface area contributed by atoms with Gasteiger partial charge in [-0.25, -0.2) is 0 Å². The minimum atomic E-state index is 1.08. The van der Waals surface area contributed by atoms with Gasteiger partial charge in [0.05, 0.1) is 0 Å². The molecular formula is C26H18BrN. The van der Waals surface area contributed by atoms with Crippen molar-refractivity contribution in [2.24, 2.45) is 0 Å². The van der Waals surface area contributed by atoms with E-state index in [4.69, 9.17) is 0 Å². The fourth-order valence-electron chi connectivity index (χ4n) is 3.67. The quantitative estimate of drug-likeness (QED) is 0.282. The molecule has 0 aromatic heterocycles. The Hall–Kier alpha value is -3.10. The highest BCUT2D eigenvalue weighted by Crippen LogP contribution is 2.37. The SMILES string of the molecule is Brc1ccc(N(c2ccc3ccccc3c2)c2ccc3ccccc3c2)cc1. The van der Waals surface area contributed by atoms with Crippen LogP contribution < -0.4 is 4.90 Å². The number of benzene rings is 5. The molecule has 0 saturated heterocycles. The molecule has 2 heteroatoms. The van der Waals surface area contributed by atoms with Crippen molar-refractivity contribution in [3.05, 3.63) is 114 Å². The van der Waals surface area contributed by atoms with Gasteiger partial charge in [0.25, 0.3) is 0 Å². The first-order valence-electron chi connectivity index (χ1n) is 9.31. The molecule has 0 radical (unpaired) electrons. The van der Waals surface area contributed by atoms with E-state index in [0.29, 0.717) is 0 Å². The van der Waals surface area contributed by atoms with Crippen molar-refractivity contribution in [1.29, 1.82) is 0 Å². The normalized spacial score (nSPS) is 11.0. The van der Waals surface area contributed by atoms with Gasteiger partial charge in [-0.3, -0.25) is 0 Å². The van der Waals surface area contributed by atoms with Gasteiger partial charge in [-0.15, -0.1) is 0 Å². The summed E-state index contributed by atoms with van der Waals surface area (Å²) in [6.07, 6.45) is 0. The number of fused-ring (bicyclic) bond motifs is 2. The Bertz CT molecular complexity index is 1200. The molecular weight excluding hydrogens is 406 g/mol. The summed E-state index contributed by atoms with van der Waals surface area (Å²) in [5.41, 5.74) is 3.43. The van der Waals surface area contributed by atoms with E-state index in [-0.39, 0.29) is 0 Å². The highest BCUT2D eigenvalue weighted by molar-refractivity contribution is 9.10. The Morgan fingerprint density at radius 2 is 0.857 bits per heavy atom. The first kappa shape index (κ1) is 17.0. The fraction of sp³-hybridized carbons (Fsp3) is 0. The number of halogens is 1. The first-order valence-corrected chi connectivity index (χ1v) is 10.1. The Balaban J connectivity index is 1.72. The minimum Gasteiger partial charge on any atom is -0.310 e. The molecule has 134 valence electrons. The fourth-order valence-corrected chi connectivity index (χ4v) is 3.93. The molecule has 0 bridgehead atoms. The molecule has 5 aromatic rings. The van der Waals surface area contributed by atoms with Crippen LogP contribution in [0.3, 0.4) is 0 Å². The zero-order valence-electron chi connectivity index (χ0n) is 15.2. The number of nitrogens with zero attached hydrogens (tertiary/aromatic N) is 1. The Kier molecular flexibility index (Phi) is 4.34. The van der Waals surface area contributed by atoms with Gasteiger partial charge in [-0.05, 0) is 70.1 Å². The van der Waals surface area contributed by atoms with Gasteiger partial charge >= 0.3 is 0 Å². The summed E-state index contributed by atoms with van der Waals surface area (Å²) in [6.45, 7) is 0. The van der Waals surface area contributed by atoms with E-state index in [9.17, 15) is 0 Å². The summed E-state index contributed by atoms with van der Waals surface area (Å²) in [5.74, 6) is 0. The van der Waals surface area contributed by atoms with E-state index in [1.165, 1.54) is 21.5 Å². The lowest BCUT2D eigenvalue weighted by Crippen LogP contribution is -2.09. The van der Waals surface area contributed by atoms with Gasteiger partial charge in [0.2, 0.25) is 0 Å². The van der Waals surface area contributed by atoms with Crippen LogP contribution in [0.4, 0.5) is 17.1 Å². The first-order chi connectivity index (χ1) is 13.8. The second-order valence-corrected chi connectivity index (χ2v) is 7.79. The highest BCUT2D eigenvalue weighted by Gasteiger charge is 2.13. The lowest BCUT2D eigenvalue weighted by molar-refractivity contribution is 1.29. The van der Waals surface area contributed by atoms with Crippen LogP contribution in [-0.4, -0.2) is 0 Å². The predicted molar refractivity (Wildman–Crippen MR) is 124 cm³/mol. The third-order valence-electron chi connectivity index (χ3n) is 5.07. The predicted octanol–water partition coefficient (Wildman–Crippen LogP) is 8.23. The maximum absolute atomic E-state index is 3.55. The summed E-state index contributed by atoms with van der Waals surface area (Å²) in [5, 5.41) is 4.98. The molecule has 0 heterocycles. The lowest BCUT2D eigenvalue weighted by Gasteiger charge is -2.26. The molecule has 0 spiro atoms. The summed E-state index contributed by atoms with van der Waals surface area (Å²) in [4.78, 5) is 2.31. The molecule has 28 heavy (non-hydrogen) atoms. The topological polar surface area (TPSA) is 3.24 Å². The van der Waals surface area contributed by atoms with Crippen LogP contribution in [0.2, 0.25) is 0 Å². The van der Waals surface area contributed by atoms with Gasteiger partial charge in [0.1, 0.15) is 0 Å². The summed E-state index contributed by atoms with van der Waals surface area (Å²) in [6, 6.07) is 38.7. The van der Waals surface area contributed by atoms with E-state index in [1.54, 1.807) is 0 Å². The van der Waals surface area contributed by atoms with Crippen LogP contribution in [0, 0.1) is 0 Å². The van der Waals surface area contributed by atoms with Crippen molar-refractivity contribution < 1.29 is 0 Å². The van der Waals surface area contributed by atoms with Crippen LogP contribution >= 0.6 is 15.9 Å². The zero-order chi connectivity index (χ0) is 18.9. The number of rotatable bonds is 3. The van der Waals surface area contributed by atoms with Gasteiger partial charge < -0.3 is 4.90 Å². The molecule has 0 aliphatic carbocycles. The third kappa shape index (κ3) is 3.17. The molecule has 1 nitrogen and oxygen atoms in total. The van der Waals surface area contributed by atoms with Gasteiger partial charge in [-0.2, -0.15) is 0 Å². The van der Waals surface area contributed by atoms with Crippen molar-refractivity contribution in [3.8, 4) is 0 Å². The van der Waals surface area contributed by atoms with Crippen LogP contribution in [0.1, 0.15) is 0 Å². The number of hydrogen-bond donors (Lipinski definition) is 0.